The van der Waals surface area contributed by atoms with Gasteiger partial charge in [-0.2, -0.15) is 0 Å². The van der Waals surface area contributed by atoms with Crippen molar-refractivity contribution < 1.29 is 19.1 Å². The van der Waals surface area contributed by atoms with Crippen molar-refractivity contribution in [1.82, 2.24) is 5.32 Å². The highest BCUT2D eigenvalue weighted by Crippen LogP contribution is 2.10. The van der Waals surface area contributed by atoms with Crippen molar-refractivity contribution in [2.75, 3.05) is 19.0 Å². The lowest BCUT2D eigenvalue weighted by Gasteiger charge is -2.06. The maximum absolute atomic E-state index is 11.8. The van der Waals surface area contributed by atoms with Gasteiger partial charge in [0.15, 0.2) is 6.61 Å². The first-order chi connectivity index (χ1) is 12.5. The van der Waals surface area contributed by atoms with Gasteiger partial charge >= 0.3 is 5.97 Å². The van der Waals surface area contributed by atoms with E-state index < -0.39 is 18.5 Å². The summed E-state index contributed by atoms with van der Waals surface area (Å²) >= 11 is 0. The number of amides is 2. The molecule has 2 N–H and O–H groups in total. The van der Waals surface area contributed by atoms with Crippen molar-refractivity contribution in [3.05, 3.63) is 71.3 Å². The molecule has 0 aromatic heterocycles. The lowest BCUT2D eigenvalue weighted by atomic mass is 10.1. The molecule has 0 radical (unpaired) electrons. The van der Waals surface area contributed by atoms with Crippen LogP contribution in [0, 0.1) is 6.92 Å². The predicted molar refractivity (Wildman–Crippen MR) is 99.6 cm³/mol. The molecule has 2 amide bonds. The lowest BCUT2D eigenvalue weighted by molar-refractivity contribution is -0.142. The van der Waals surface area contributed by atoms with Gasteiger partial charge in [-0.05, 0) is 48.4 Å². The molecular formula is C20H20N2O4. The summed E-state index contributed by atoms with van der Waals surface area (Å²) in [6.07, 6.45) is 2.93. The maximum atomic E-state index is 11.8. The number of anilines is 1. The number of aryl methyl sites for hydroxylation is 1. The Kier molecular flexibility index (Phi) is 6.68. The number of rotatable bonds is 6. The second-order valence-corrected chi connectivity index (χ2v) is 5.50. The molecule has 0 unspecified atom stereocenters. The van der Waals surface area contributed by atoms with Gasteiger partial charge < -0.3 is 15.4 Å². The van der Waals surface area contributed by atoms with Crippen LogP contribution in [0.15, 0.2) is 54.6 Å². The van der Waals surface area contributed by atoms with Crippen LogP contribution in [0.3, 0.4) is 0 Å². The number of benzene rings is 2. The van der Waals surface area contributed by atoms with Crippen LogP contribution in [-0.4, -0.2) is 31.4 Å². The third kappa shape index (κ3) is 5.59. The van der Waals surface area contributed by atoms with E-state index in [0.717, 1.165) is 11.1 Å². The summed E-state index contributed by atoms with van der Waals surface area (Å²) < 4.78 is 4.92. The van der Waals surface area contributed by atoms with E-state index in [0.29, 0.717) is 11.3 Å². The summed E-state index contributed by atoms with van der Waals surface area (Å²) in [5.74, 6) is -1.27. The van der Waals surface area contributed by atoms with E-state index >= 15 is 0 Å². The highest BCUT2D eigenvalue weighted by Gasteiger charge is 2.07. The second-order valence-electron chi connectivity index (χ2n) is 5.50. The normalized spacial score (nSPS) is 10.4. The molecule has 0 fully saturated rings. The molecule has 0 saturated carbocycles. The number of ether oxygens (including phenoxy) is 1. The second kappa shape index (κ2) is 9.17. The van der Waals surface area contributed by atoms with Crippen LogP contribution >= 0.6 is 0 Å². The Labute approximate surface area is 151 Å². The van der Waals surface area contributed by atoms with Crippen LogP contribution < -0.4 is 10.6 Å². The molecule has 0 aliphatic carbocycles. The van der Waals surface area contributed by atoms with Crippen molar-refractivity contribution in [2.45, 2.75) is 6.92 Å². The molecule has 2 aromatic carbocycles. The van der Waals surface area contributed by atoms with Gasteiger partial charge in [0.05, 0.1) is 0 Å². The Morgan fingerprint density at radius 3 is 2.38 bits per heavy atom. The molecule has 6 nitrogen and oxygen atoms in total. The van der Waals surface area contributed by atoms with Crippen LogP contribution in [0.25, 0.3) is 6.08 Å². The first-order valence-corrected chi connectivity index (χ1v) is 8.02. The van der Waals surface area contributed by atoms with E-state index in [1.54, 1.807) is 37.4 Å². The number of hydrogen-bond donors (Lipinski definition) is 2. The summed E-state index contributed by atoms with van der Waals surface area (Å²) in [5.41, 5.74) is 2.94. The van der Waals surface area contributed by atoms with Gasteiger partial charge in [-0.1, -0.05) is 24.3 Å². The molecule has 0 aliphatic heterocycles. The number of nitrogens with one attached hydrogen (secondary N) is 2. The first-order valence-electron chi connectivity index (χ1n) is 8.02. The van der Waals surface area contributed by atoms with E-state index in [4.69, 9.17) is 4.74 Å². The van der Waals surface area contributed by atoms with E-state index in [1.807, 2.05) is 31.2 Å². The Hall–Kier alpha value is -3.41. The summed E-state index contributed by atoms with van der Waals surface area (Å²) in [6.45, 7) is 1.54. The van der Waals surface area contributed by atoms with Crippen molar-refractivity contribution in [3.8, 4) is 0 Å². The summed E-state index contributed by atoms with van der Waals surface area (Å²) in [7, 11) is 1.54. The fraction of sp³-hybridized carbons (Fsp3) is 0.150. The topological polar surface area (TPSA) is 84.5 Å². The number of carbonyl (C=O) groups is 3. The fourth-order valence-electron chi connectivity index (χ4n) is 2.16. The first kappa shape index (κ1) is 18.9. The van der Waals surface area contributed by atoms with Crippen LogP contribution in [0.5, 0.6) is 0 Å². The van der Waals surface area contributed by atoms with Crippen LogP contribution in [0.2, 0.25) is 0 Å². The number of esters is 1. The summed E-state index contributed by atoms with van der Waals surface area (Å²) in [5, 5.41) is 5.10. The largest absolute Gasteiger partial charge is 0.452 e. The van der Waals surface area contributed by atoms with E-state index in [9.17, 15) is 14.4 Å². The van der Waals surface area contributed by atoms with Crippen molar-refractivity contribution in [2.24, 2.45) is 0 Å². The lowest BCUT2D eigenvalue weighted by Crippen LogP contribution is -2.20. The molecule has 0 bridgehead atoms. The predicted octanol–water partition coefficient (Wildman–Crippen LogP) is 2.55. The quantitative estimate of drug-likeness (QED) is 0.618. The third-order valence-electron chi connectivity index (χ3n) is 3.59. The van der Waals surface area contributed by atoms with Crippen LogP contribution in [-0.2, 0) is 14.3 Å². The molecule has 134 valence electrons. The molecule has 2 aromatic rings. The highest BCUT2D eigenvalue weighted by atomic mass is 16.5. The van der Waals surface area contributed by atoms with E-state index in [2.05, 4.69) is 10.6 Å². The van der Waals surface area contributed by atoms with Gasteiger partial charge in [-0.25, -0.2) is 4.79 Å². The maximum Gasteiger partial charge on any atom is 0.331 e. The van der Waals surface area contributed by atoms with Gasteiger partial charge in [0.25, 0.3) is 11.8 Å². The van der Waals surface area contributed by atoms with Crippen LogP contribution in [0.1, 0.15) is 21.5 Å². The molecule has 0 spiro atoms. The molecule has 26 heavy (non-hydrogen) atoms. The van der Waals surface area contributed by atoms with Gasteiger partial charge in [0.1, 0.15) is 0 Å². The highest BCUT2D eigenvalue weighted by molar-refractivity contribution is 5.96. The third-order valence-corrected chi connectivity index (χ3v) is 3.59. The minimum Gasteiger partial charge on any atom is -0.452 e. The van der Waals surface area contributed by atoms with Gasteiger partial charge in [-0.3, -0.25) is 9.59 Å². The zero-order chi connectivity index (χ0) is 18.9. The van der Waals surface area contributed by atoms with Crippen molar-refractivity contribution in [1.29, 1.82) is 0 Å². The molecule has 0 atom stereocenters. The Balaban J connectivity index is 1.82. The van der Waals surface area contributed by atoms with Crippen LogP contribution in [0.4, 0.5) is 5.69 Å². The molecule has 0 aliphatic rings. The molecular weight excluding hydrogens is 332 g/mol. The number of hydrogen-bond acceptors (Lipinski definition) is 4. The van der Waals surface area contributed by atoms with Crippen molar-refractivity contribution in [3.63, 3.8) is 0 Å². The Morgan fingerprint density at radius 1 is 1.04 bits per heavy atom. The van der Waals surface area contributed by atoms with E-state index in [-0.39, 0.29) is 5.91 Å². The smallest absolute Gasteiger partial charge is 0.331 e. The summed E-state index contributed by atoms with van der Waals surface area (Å²) in [6, 6.07) is 14.0. The number of carbonyl (C=O) groups excluding carboxylic acids is 3. The van der Waals surface area contributed by atoms with Crippen molar-refractivity contribution >= 4 is 29.5 Å². The zero-order valence-corrected chi connectivity index (χ0v) is 14.6. The standard InChI is InChI=1S/C20H20N2O4/c1-14-5-3-4-6-15(14)9-12-19(24)26-13-18(23)22-17-10-7-16(8-11-17)20(25)21-2/h3-12H,13H2,1-2H3,(H,21,25)(H,22,23)/b12-9+. The average molecular weight is 352 g/mol. The zero-order valence-electron chi connectivity index (χ0n) is 14.6. The monoisotopic (exact) mass is 352 g/mol. The average Bonchev–Trinajstić information content (AvgIpc) is 2.65. The Bertz CT molecular complexity index is 826. The summed E-state index contributed by atoms with van der Waals surface area (Å²) in [4.78, 5) is 35.0. The minimum absolute atomic E-state index is 0.211. The van der Waals surface area contributed by atoms with Gasteiger partial charge in [0.2, 0.25) is 0 Å². The van der Waals surface area contributed by atoms with Gasteiger partial charge in [-0.15, -0.1) is 0 Å². The minimum atomic E-state index is -0.599. The van der Waals surface area contributed by atoms with Gasteiger partial charge in [0, 0.05) is 24.4 Å². The molecule has 6 heteroatoms. The fourth-order valence-corrected chi connectivity index (χ4v) is 2.16. The van der Waals surface area contributed by atoms with E-state index in [1.165, 1.54) is 6.08 Å². The Morgan fingerprint density at radius 2 is 1.73 bits per heavy atom. The SMILES string of the molecule is CNC(=O)c1ccc(NC(=O)COC(=O)/C=C/c2ccccc2C)cc1. The molecule has 0 saturated heterocycles. The molecule has 2 rings (SSSR count). The molecule has 0 heterocycles.